The van der Waals surface area contributed by atoms with Crippen molar-refractivity contribution in [2.24, 2.45) is 0 Å². The SMILES string of the molecule is CC(C)c1noc(CN(C)C(C)c2ccc(F)c(F)c2)n1. The van der Waals surface area contributed by atoms with Crippen molar-refractivity contribution < 1.29 is 13.3 Å². The zero-order chi connectivity index (χ0) is 15.6. The van der Waals surface area contributed by atoms with Crippen LogP contribution >= 0.6 is 0 Å². The predicted molar refractivity (Wildman–Crippen MR) is 74.6 cm³/mol. The lowest BCUT2D eigenvalue weighted by Gasteiger charge is -2.23. The molecule has 0 radical (unpaired) electrons. The number of nitrogens with zero attached hydrogens (tertiary/aromatic N) is 3. The number of aromatic nitrogens is 2. The Morgan fingerprint density at radius 2 is 1.90 bits per heavy atom. The van der Waals surface area contributed by atoms with Crippen LogP contribution < -0.4 is 0 Å². The van der Waals surface area contributed by atoms with Crippen molar-refractivity contribution in [2.75, 3.05) is 7.05 Å². The van der Waals surface area contributed by atoms with Crippen LogP contribution in [0.3, 0.4) is 0 Å². The van der Waals surface area contributed by atoms with E-state index in [2.05, 4.69) is 10.1 Å². The smallest absolute Gasteiger partial charge is 0.240 e. The highest BCUT2D eigenvalue weighted by molar-refractivity contribution is 5.20. The molecule has 0 saturated carbocycles. The van der Waals surface area contributed by atoms with Gasteiger partial charge in [-0.15, -0.1) is 0 Å². The first-order valence-corrected chi connectivity index (χ1v) is 6.86. The summed E-state index contributed by atoms with van der Waals surface area (Å²) in [6.07, 6.45) is 0. The molecule has 1 unspecified atom stereocenters. The molecule has 6 heteroatoms. The molecule has 1 aromatic heterocycles. The van der Waals surface area contributed by atoms with Gasteiger partial charge in [-0.25, -0.2) is 8.78 Å². The molecule has 0 amide bonds. The first-order chi connectivity index (χ1) is 9.88. The van der Waals surface area contributed by atoms with E-state index in [0.717, 1.165) is 6.07 Å². The average molecular weight is 295 g/mol. The molecule has 114 valence electrons. The lowest BCUT2D eigenvalue weighted by Crippen LogP contribution is -2.22. The fourth-order valence-corrected chi connectivity index (χ4v) is 1.94. The average Bonchev–Trinajstić information content (AvgIpc) is 2.89. The Kier molecular flexibility index (Phi) is 4.67. The van der Waals surface area contributed by atoms with Crippen molar-refractivity contribution in [3.63, 3.8) is 0 Å². The predicted octanol–water partition coefficient (Wildman–Crippen LogP) is 3.66. The molecule has 0 aliphatic heterocycles. The minimum absolute atomic E-state index is 0.102. The Balaban J connectivity index is 2.07. The molecule has 0 fully saturated rings. The molecule has 1 heterocycles. The van der Waals surface area contributed by atoms with Gasteiger partial charge < -0.3 is 4.52 Å². The number of rotatable bonds is 5. The third kappa shape index (κ3) is 3.64. The summed E-state index contributed by atoms with van der Waals surface area (Å²) in [7, 11) is 1.87. The van der Waals surface area contributed by atoms with Gasteiger partial charge in [-0.05, 0) is 31.7 Å². The van der Waals surface area contributed by atoms with E-state index < -0.39 is 11.6 Å². The van der Waals surface area contributed by atoms with Crippen molar-refractivity contribution in [1.29, 1.82) is 0 Å². The van der Waals surface area contributed by atoms with E-state index >= 15 is 0 Å². The lowest BCUT2D eigenvalue weighted by molar-refractivity contribution is 0.215. The maximum Gasteiger partial charge on any atom is 0.240 e. The molecule has 0 saturated heterocycles. The number of benzene rings is 1. The highest BCUT2D eigenvalue weighted by atomic mass is 19.2. The van der Waals surface area contributed by atoms with Gasteiger partial charge >= 0.3 is 0 Å². The summed E-state index contributed by atoms with van der Waals surface area (Å²) in [6.45, 7) is 6.33. The summed E-state index contributed by atoms with van der Waals surface area (Å²) < 4.78 is 31.4. The van der Waals surface area contributed by atoms with Crippen LogP contribution in [-0.4, -0.2) is 22.1 Å². The molecule has 4 nitrogen and oxygen atoms in total. The molecule has 1 aromatic carbocycles. The maximum atomic E-state index is 13.3. The molecular weight excluding hydrogens is 276 g/mol. The van der Waals surface area contributed by atoms with Crippen LogP contribution in [0.5, 0.6) is 0 Å². The minimum Gasteiger partial charge on any atom is -0.338 e. The second kappa shape index (κ2) is 6.30. The van der Waals surface area contributed by atoms with Crippen LogP contribution in [0.1, 0.15) is 50.0 Å². The molecular formula is C15H19F2N3O. The normalized spacial score (nSPS) is 13.1. The maximum absolute atomic E-state index is 13.3. The topological polar surface area (TPSA) is 42.2 Å². The molecule has 0 bridgehead atoms. The molecule has 0 spiro atoms. The second-order valence-corrected chi connectivity index (χ2v) is 5.47. The summed E-state index contributed by atoms with van der Waals surface area (Å²) >= 11 is 0. The van der Waals surface area contributed by atoms with Gasteiger partial charge in [0, 0.05) is 12.0 Å². The summed E-state index contributed by atoms with van der Waals surface area (Å²) in [6, 6.07) is 3.82. The third-order valence-electron chi connectivity index (χ3n) is 3.47. The zero-order valence-corrected chi connectivity index (χ0v) is 12.6. The Morgan fingerprint density at radius 1 is 1.19 bits per heavy atom. The number of hydrogen-bond acceptors (Lipinski definition) is 4. The summed E-state index contributed by atoms with van der Waals surface area (Å²) in [5, 5.41) is 3.90. The van der Waals surface area contributed by atoms with Crippen molar-refractivity contribution in [3.05, 3.63) is 47.1 Å². The lowest BCUT2D eigenvalue weighted by atomic mass is 10.1. The van der Waals surface area contributed by atoms with Crippen molar-refractivity contribution in [3.8, 4) is 0 Å². The molecule has 2 rings (SSSR count). The largest absolute Gasteiger partial charge is 0.338 e. The standard InChI is InChI=1S/C15H19F2N3O/c1-9(2)15-18-14(21-19-15)8-20(4)10(3)11-5-6-12(16)13(17)7-11/h5-7,9-10H,8H2,1-4H3. The summed E-state index contributed by atoms with van der Waals surface area (Å²) in [5.41, 5.74) is 0.694. The molecule has 0 aliphatic carbocycles. The first kappa shape index (κ1) is 15.6. The van der Waals surface area contributed by atoms with Crippen LogP contribution in [0.25, 0.3) is 0 Å². The van der Waals surface area contributed by atoms with Gasteiger partial charge in [0.1, 0.15) is 0 Å². The number of halogens is 2. The van der Waals surface area contributed by atoms with Gasteiger partial charge in [0.2, 0.25) is 5.89 Å². The van der Waals surface area contributed by atoms with Crippen molar-refractivity contribution in [2.45, 2.75) is 39.3 Å². The molecule has 1 atom stereocenters. The summed E-state index contributed by atoms with van der Waals surface area (Å²) in [5.74, 6) is -0.300. The number of hydrogen-bond donors (Lipinski definition) is 0. The first-order valence-electron chi connectivity index (χ1n) is 6.86. The van der Waals surface area contributed by atoms with E-state index in [-0.39, 0.29) is 12.0 Å². The quantitative estimate of drug-likeness (QED) is 0.844. The van der Waals surface area contributed by atoms with Crippen LogP contribution in [0.2, 0.25) is 0 Å². The van der Waals surface area contributed by atoms with Gasteiger partial charge in [-0.2, -0.15) is 4.98 Å². The fourth-order valence-electron chi connectivity index (χ4n) is 1.94. The minimum atomic E-state index is -0.841. The second-order valence-electron chi connectivity index (χ2n) is 5.47. The summed E-state index contributed by atoms with van der Waals surface area (Å²) in [4.78, 5) is 6.24. The van der Waals surface area contributed by atoms with E-state index in [0.29, 0.717) is 23.8 Å². The molecule has 21 heavy (non-hydrogen) atoms. The zero-order valence-electron chi connectivity index (χ0n) is 12.6. The van der Waals surface area contributed by atoms with Crippen LogP contribution in [0.15, 0.2) is 22.7 Å². The highest BCUT2D eigenvalue weighted by Gasteiger charge is 2.17. The van der Waals surface area contributed by atoms with Gasteiger partial charge in [0.15, 0.2) is 17.5 Å². The van der Waals surface area contributed by atoms with Gasteiger partial charge in [0.05, 0.1) is 6.54 Å². The van der Waals surface area contributed by atoms with Crippen molar-refractivity contribution in [1.82, 2.24) is 15.0 Å². The van der Waals surface area contributed by atoms with Gasteiger partial charge in [0.25, 0.3) is 0 Å². The van der Waals surface area contributed by atoms with E-state index in [9.17, 15) is 8.78 Å². The Hall–Kier alpha value is -1.82. The van der Waals surface area contributed by atoms with E-state index in [4.69, 9.17) is 4.52 Å². The van der Waals surface area contributed by atoms with Gasteiger partial charge in [-0.3, -0.25) is 4.90 Å². The highest BCUT2D eigenvalue weighted by Crippen LogP contribution is 2.22. The van der Waals surface area contributed by atoms with Crippen LogP contribution in [0.4, 0.5) is 8.78 Å². The molecule has 0 aliphatic rings. The van der Waals surface area contributed by atoms with Crippen molar-refractivity contribution >= 4 is 0 Å². The third-order valence-corrected chi connectivity index (χ3v) is 3.47. The van der Waals surface area contributed by atoms with Crippen LogP contribution in [-0.2, 0) is 6.54 Å². The van der Waals surface area contributed by atoms with Crippen LogP contribution in [0, 0.1) is 11.6 Å². The van der Waals surface area contributed by atoms with E-state index in [1.54, 1.807) is 6.07 Å². The Bertz CT molecular complexity index is 613. The Labute approximate surface area is 122 Å². The molecule has 2 aromatic rings. The monoisotopic (exact) mass is 295 g/mol. The fraction of sp³-hybridized carbons (Fsp3) is 0.467. The van der Waals surface area contributed by atoms with Gasteiger partial charge in [-0.1, -0.05) is 25.1 Å². The van der Waals surface area contributed by atoms with E-state index in [1.807, 2.05) is 32.7 Å². The van der Waals surface area contributed by atoms with E-state index in [1.165, 1.54) is 6.07 Å². The molecule has 0 N–H and O–H groups in total. The Morgan fingerprint density at radius 3 is 2.48 bits per heavy atom.